The van der Waals surface area contributed by atoms with Crippen molar-refractivity contribution in [2.24, 2.45) is 5.92 Å². The van der Waals surface area contributed by atoms with Crippen molar-refractivity contribution in [3.63, 3.8) is 0 Å². The first kappa shape index (κ1) is 47.7. The molecular formula is C41H77NO9. The predicted molar refractivity (Wildman–Crippen MR) is 204 cm³/mol. The van der Waals surface area contributed by atoms with Crippen LogP contribution in [0.2, 0.25) is 0 Å². The molecule has 7 N–H and O–H groups in total. The van der Waals surface area contributed by atoms with Crippen LogP contribution in [-0.2, 0) is 14.3 Å². The SMILES string of the molecule is CCCCCCCCCC=CCCC=CC(O)C(COC1OC(CO)C(O)C(O)C1O)NC(=O)C(O)CCCCCCCCCCCCC(C)C. The highest BCUT2D eigenvalue weighted by molar-refractivity contribution is 5.80. The van der Waals surface area contributed by atoms with Crippen LogP contribution < -0.4 is 5.32 Å². The summed E-state index contributed by atoms with van der Waals surface area (Å²) in [4.78, 5) is 13.0. The van der Waals surface area contributed by atoms with E-state index in [2.05, 4.69) is 38.2 Å². The molecule has 0 bridgehead atoms. The molecule has 51 heavy (non-hydrogen) atoms. The highest BCUT2D eigenvalue weighted by Crippen LogP contribution is 2.22. The lowest BCUT2D eigenvalue weighted by Gasteiger charge is -2.40. The standard InChI is InChI=1S/C41H77NO9/c1-4-5-6-7-8-9-10-11-12-16-19-22-25-28-34(44)33(31-50-41-39(48)38(47)37(46)36(30-43)51-41)42-40(49)35(45)29-26-23-20-17-14-13-15-18-21-24-27-32(2)3/h12,16,25,28,32-39,41,43-48H,4-11,13-15,17-24,26-27,29-31H2,1-3H3,(H,42,49). The molecule has 8 unspecified atom stereocenters. The Bertz CT molecular complexity index is 883. The van der Waals surface area contributed by atoms with E-state index in [0.717, 1.165) is 38.0 Å². The molecular weight excluding hydrogens is 650 g/mol. The van der Waals surface area contributed by atoms with Gasteiger partial charge in [-0.05, 0) is 38.0 Å². The number of amides is 1. The molecule has 1 saturated heterocycles. The number of nitrogens with one attached hydrogen (secondary N) is 1. The van der Waals surface area contributed by atoms with E-state index < -0.39 is 61.5 Å². The molecule has 1 fully saturated rings. The number of carbonyl (C=O) groups excluding carboxylic acids is 1. The Kier molecular flexibility index (Phi) is 29.0. The van der Waals surface area contributed by atoms with Crippen molar-refractivity contribution in [2.45, 2.75) is 211 Å². The largest absolute Gasteiger partial charge is 0.394 e. The van der Waals surface area contributed by atoms with Crippen molar-refractivity contribution in [3.8, 4) is 0 Å². The van der Waals surface area contributed by atoms with E-state index in [4.69, 9.17) is 9.47 Å². The summed E-state index contributed by atoms with van der Waals surface area (Å²) in [6.07, 6.45) is 22.8. The van der Waals surface area contributed by atoms with Crippen LogP contribution in [0.1, 0.15) is 162 Å². The first-order chi connectivity index (χ1) is 24.6. The Labute approximate surface area is 310 Å². The fourth-order valence-corrected chi connectivity index (χ4v) is 6.36. The van der Waals surface area contributed by atoms with Crippen LogP contribution in [-0.4, -0.2) is 98.7 Å². The van der Waals surface area contributed by atoms with E-state index in [-0.39, 0.29) is 6.61 Å². The summed E-state index contributed by atoms with van der Waals surface area (Å²) in [6, 6.07) is -0.992. The number of hydrogen-bond donors (Lipinski definition) is 7. The second kappa shape index (κ2) is 31.0. The zero-order valence-electron chi connectivity index (χ0n) is 32.4. The van der Waals surface area contributed by atoms with Crippen molar-refractivity contribution in [1.82, 2.24) is 5.32 Å². The third kappa shape index (κ3) is 23.1. The van der Waals surface area contributed by atoms with Gasteiger partial charge in [-0.1, -0.05) is 154 Å². The molecule has 0 saturated carbocycles. The molecule has 0 aromatic carbocycles. The van der Waals surface area contributed by atoms with E-state index in [1.165, 1.54) is 89.9 Å². The number of carbonyl (C=O) groups is 1. The minimum absolute atomic E-state index is 0.305. The summed E-state index contributed by atoms with van der Waals surface area (Å²) in [7, 11) is 0. The van der Waals surface area contributed by atoms with Gasteiger partial charge in [0.15, 0.2) is 6.29 Å². The first-order valence-electron chi connectivity index (χ1n) is 20.5. The summed E-state index contributed by atoms with van der Waals surface area (Å²) in [6.45, 7) is 5.86. The van der Waals surface area contributed by atoms with Gasteiger partial charge >= 0.3 is 0 Å². The van der Waals surface area contributed by atoms with E-state index in [9.17, 15) is 35.4 Å². The van der Waals surface area contributed by atoms with Crippen LogP contribution in [0, 0.1) is 5.92 Å². The molecule has 0 aliphatic carbocycles. The zero-order valence-corrected chi connectivity index (χ0v) is 32.4. The normalized spacial score (nSPS) is 23.0. The van der Waals surface area contributed by atoms with Gasteiger partial charge in [0.05, 0.1) is 25.4 Å². The molecule has 0 aromatic heterocycles. The van der Waals surface area contributed by atoms with Gasteiger partial charge < -0.3 is 45.4 Å². The third-order valence-corrected chi connectivity index (χ3v) is 9.81. The van der Waals surface area contributed by atoms with Gasteiger partial charge in [-0.15, -0.1) is 0 Å². The van der Waals surface area contributed by atoms with Gasteiger partial charge in [-0.3, -0.25) is 4.79 Å². The number of hydrogen-bond acceptors (Lipinski definition) is 9. The lowest BCUT2D eigenvalue weighted by Crippen LogP contribution is -2.60. The summed E-state index contributed by atoms with van der Waals surface area (Å²) in [5.41, 5.74) is 0. The lowest BCUT2D eigenvalue weighted by atomic mass is 9.99. The van der Waals surface area contributed by atoms with Crippen LogP contribution in [0.3, 0.4) is 0 Å². The predicted octanol–water partition coefficient (Wildman–Crippen LogP) is 6.38. The first-order valence-corrected chi connectivity index (χ1v) is 20.5. The van der Waals surface area contributed by atoms with Gasteiger partial charge in [-0.2, -0.15) is 0 Å². The summed E-state index contributed by atoms with van der Waals surface area (Å²) in [5.74, 6) is 0.159. The summed E-state index contributed by atoms with van der Waals surface area (Å²) in [5, 5.41) is 64.3. The minimum Gasteiger partial charge on any atom is -0.394 e. The van der Waals surface area contributed by atoms with E-state index in [1.807, 2.05) is 6.08 Å². The van der Waals surface area contributed by atoms with Gasteiger partial charge in [0.2, 0.25) is 5.91 Å². The lowest BCUT2D eigenvalue weighted by molar-refractivity contribution is -0.302. The maximum absolute atomic E-state index is 13.0. The maximum atomic E-state index is 13.0. The maximum Gasteiger partial charge on any atom is 0.249 e. The smallest absolute Gasteiger partial charge is 0.249 e. The van der Waals surface area contributed by atoms with Crippen LogP contribution >= 0.6 is 0 Å². The Morgan fingerprint density at radius 1 is 0.706 bits per heavy atom. The molecule has 1 heterocycles. The minimum atomic E-state index is -1.61. The second-order valence-corrected chi connectivity index (χ2v) is 15.0. The molecule has 10 heteroatoms. The molecule has 300 valence electrons. The quantitative estimate of drug-likeness (QED) is 0.0307. The zero-order chi connectivity index (χ0) is 37.7. The fraction of sp³-hybridized carbons (Fsp3) is 0.878. The Morgan fingerprint density at radius 3 is 1.82 bits per heavy atom. The summed E-state index contributed by atoms with van der Waals surface area (Å²) >= 11 is 0. The number of rotatable bonds is 32. The third-order valence-electron chi connectivity index (χ3n) is 9.81. The fourth-order valence-electron chi connectivity index (χ4n) is 6.36. The molecule has 0 spiro atoms. The van der Waals surface area contributed by atoms with Gasteiger partial charge in [0, 0.05) is 0 Å². The van der Waals surface area contributed by atoms with Crippen molar-refractivity contribution < 1.29 is 44.9 Å². The molecule has 8 atom stereocenters. The number of allylic oxidation sites excluding steroid dienone is 3. The molecule has 0 aromatic rings. The van der Waals surface area contributed by atoms with E-state index in [1.54, 1.807) is 6.08 Å². The number of aliphatic hydroxyl groups excluding tert-OH is 6. The Morgan fingerprint density at radius 2 is 1.24 bits per heavy atom. The molecule has 0 radical (unpaired) electrons. The van der Waals surface area contributed by atoms with E-state index >= 15 is 0 Å². The molecule has 1 rings (SSSR count). The second-order valence-electron chi connectivity index (χ2n) is 15.0. The Hall–Kier alpha value is -1.37. The highest BCUT2D eigenvalue weighted by atomic mass is 16.7. The van der Waals surface area contributed by atoms with Gasteiger partial charge in [0.25, 0.3) is 0 Å². The number of unbranched alkanes of at least 4 members (excludes halogenated alkanes) is 17. The molecule has 1 amide bonds. The van der Waals surface area contributed by atoms with Crippen molar-refractivity contribution in [2.75, 3.05) is 13.2 Å². The van der Waals surface area contributed by atoms with Crippen LogP contribution in [0.4, 0.5) is 0 Å². The average Bonchev–Trinajstić information content (AvgIpc) is 3.11. The number of aliphatic hydroxyl groups is 6. The van der Waals surface area contributed by atoms with Crippen LogP contribution in [0.5, 0.6) is 0 Å². The van der Waals surface area contributed by atoms with Gasteiger partial charge in [0.1, 0.15) is 30.5 Å². The monoisotopic (exact) mass is 728 g/mol. The van der Waals surface area contributed by atoms with Gasteiger partial charge in [-0.25, -0.2) is 0 Å². The van der Waals surface area contributed by atoms with Crippen molar-refractivity contribution >= 4 is 5.91 Å². The average molecular weight is 728 g/mol. The summed E-state index contributed by atoms with van der Waals surface area (Å²) < 4.78 is 11.1. The molecule has 10 nitrogen and oxygen atoms in total. The highest BCUT2D eigenvalue weighted by Gasteiger charge is 2.44. The Balaban J connectivity index is 2.52. The van der Waals surface area contributed by atoms with Crippen molar-refractivity contribution in [1.29, 1.82) is 0 Å². The van der Waals surface area contributed by atoms with Crippen LogP contribution in [0.25, 0.3) is 0 Å². The molecule has 1 aliphatic heterocycles. The molecule has 1 aliphatic rings. The topological polar surface area (TPSA) is 169 Å². The van der Waals surface area contributed by atoms with Crippen LogP contribution in [0.15, 0.2) is 24.3 Å². The number of ether oxygens (including phenoxy) is 2. The van der Waals surface area contributed by atoms with Crippen molar-refractivity contribution in [3.05, 3.63) is 24.3 Å². The van der Waals surface area contributed by atoms with E-state index in [0.29, 0.717) is 19.3 Å².